The van der Waals surface area contributed by atoms with E-state index in [0.29, 0.717) is 25.2 Å². The van der Waals surface area contributed by atoms with Gasteiger partial charge in [-0.1, -0.05) is 0 Å². The number of hydrogen-bond acceptors (Lipinski definition) is 5. The quantitative estimate of drug-likeness (QED) is 0.717. The number of carbonyl (C=O) groups excluding carboxylic acids is 1. The normalized spacial score (nSPS) is 22.0. The van der Waals surface area contributed by atoms with Gasteiger partial charge in [0.15, 0.2) is 9.84 Å². The molecule has 1 aliphatic heterocycles. The molecule has 0 aromatic heterocycles. The highest BCUT2D eigenvalue weighted by atomic mass is 32.2. The summed E-state index contributed by atoms with van der Waals surface area (Å²) in [6.45, 7) is 4.85. The van der Waals surface area contributed by atoms with Crippen molar-refractivity contribution >= 4 is 15.7 Å². The van der Waals surface area contributed by atoms with Crippen LogP contribution in [-0.4, -0.2) is 50.4 Å². The molecule has 122 valence electrons. The topological polar surface area (TPSA) is 95.5 Å². The summed E-state index contributed by atoms with van der Waals surface area (Å²) in [6, 6.07) is 5.92. The Morgan fingerprint density at radius 3 is 2.45 bits per heavy atom. The third-order valence-electron chi connectivity index (χ3n) is 3.89. The van der Waals surface area contributed by atoms with E-state index in [0.717, 1.165) is 0 Å². The van der Waals surface area contributed by atoms with Crippen LogP contribution < -0.4 is 10.6 Å². The summed E-state index contributed by atoms with van der Waals surface area (Å²) >= 11 is 0. The summed E-state index contributed by atoms with van der Waals surface area (Å²) in [6.07, 6.45) is -0.445. The lowest BCUT2D eigenvalue weighted by atomic mass is 10.1. The summed E-state index contributed by atoms with van der Waals surface area (Å²) in [5.74, 6) is -0.267. The second-order valence-corrected chi connectivity index (χ2v) is 8.32. The van der Waals surface area contributed by atoms with E-state index in [1.807, 2.05) is 0 Å². The first-order valence-electron chi connectivity index (χ1n) is 7.33. The van der Waals surface area contributed by atoms with Gasteiger partial charge in [-0.2, -0.15) is 0 Å². The smallest absolute Gasteiger partial charge is 0.251 e. The molecule has 1 aromatic carbocycles. The SMILES string of the molecule is CC(C)S(=O)(=O)c1ccc(C(=O)NCC2CNCC2O)cc1. The Balaban J connectivity index is 1.99. The minimum atomic E-state index is -3.33. The van der Waals surface area contributed by atoms with E-state index in [1.165, 1.54) is 24.3 Å². The van der Waals surface area contributed by atoms with Crippen molar-refractivity contribution in [1.82, 2.24) is 10.6 Å². The number of benzene rings is 1. The van der Waals surface area contributed by atoms with Gasteiger partial charge in [-0.3, -0.25) is 4.79 Å². The van der Waals surface area contributed by atoms with Crippen molar-refractivity contribution in [3.63, 3.8) is 0 Å². The van der Waals surface area contributed by atoms with Crippen LogP contribution in [0.4, 0.5) is 0 Å². The van der Waals surface area contributed by atoms with Crippen molar-refractivity contribution in [3.05, 3.63) is 29.8 Å². The van der Waals surface area contributed by atoms with Crippen molar-refractivity contribution in [1.29, 1.82) is 0 Å². The predicted octanol–water partition coefficient (Wildman–Crippen LogP) is 0.179. The molecule has 2 rings (SSSR count). The number of aliphatic hydroxyl groups is 1. The molecule has 3 N–H and O–H groups in total. The van der Waals surface area contributed by atoms with E-state index in [4.69, 9.17) is 0 Å². The number of sulfone groups is 1. The standard InChI is InChI=1S/C15H22N2O4S/c1-10(2)22(20,21)13-5-3-11(4-6-13)15(19)17-8-12-7-16-9-14(12)18/h3-6,10,12,14,16,18H,7-9H2,1-2H3,(H,17,19). The average molecular weight is 326 g/mol. The van der Waals surface area contributed by atoms with Crippen LogP contribution in [0.1, 0.15) is 24.2 Å². The Kier molecular flexibility index (Phi) is 5.20. The molecule has 0 spiro atoms. The molecule has 0 saturated carbocycles. The van der Waals surface area contributed by atoms with Crippen LogP contribution in [0, 0.1) is 5.92 Å². The molecule has 0 bridgehead atoms. The summed E-state index contributed by atoms with van der Waals surface area (Å²) in [7, 11) is -3.33. The molecule has 2 atom stereocenters. The fourth-order valence-electron chi connectivity index (χ4n) is 2.32. The average Bonchev–Trinajstić information content (AvgIpc) is 2.90. The highest BCUT2D eigenvalue weighted by Crippen LogP contribution is 2.16. The van der Waals surface area contributed by atoms with E-state index >= 15 is 0 Å². The number of rotatable bonds is 5. The molecule has 2 unspecified atom stereocenters. The van der Waals surface area contributed by atoms with Gasteiger partial charge in [0, 0.05) is 31.1 Å². The van der Waals surface area contributed by atoms with Crippen molar-refractivity contribution in [2.45, 2.75) is 30.1 Å². The zero-order valence-corrected chi connectivity index (χ0v) is 13.6. The van der Waals surface area contributed by atoms with Crippen LogP contribution in [0.3, 0.4) is 0 Å². The summed E-state index contributed by atoms with van der Waals surface area (Å²) in [4.78, 5) is 12.3. The zero-order valence-electron chi connectivity index (χ0n) is 12.7. The lowest BCUT2D eigenvalue weighted by Crippen LogP contribution is -2.34. The Morgan fingerprint density at radius 1 is 1.32 bits per heavy atom. The van der Waals surface area contributed by atoms with Gasteiger partial charge in [0.05, 0.1) is 16.2 Å². The first-order valence-corrected chi connectivity index (χ1v) is 8.88. The molecular formula is C15H22N2O4S. The van der Waals surface area contributed by atoms with Crippen LogP contribution in [0.5, 0.6) is 0 Å². The molecule has 0 aliphatic carbocycles. The zero-order chi connectivity index (χ0) is 16.3. The molecule has 6 nitrogen and oxygen atoms in total. The summed E-state index contributed by atoms with van der Waals surface area (Å²) < 4.78 is 24.0. The van der Waals surface area contributed by atoms with Crippen LogP contribution in [0.25, 0.3) is 0 Å². The van der Waals surface area contributed by atoms with Gasteiger partial charge in [0.1, 0.15) is 0 Å². The minimum Gasteiger partial charge on any atom is -0.391 e. The van der Waals surface area contributed by atoms with E-state index in [9.17, 15) is 18.3 Å². The highest BCUT2D eigenvalue weighted by molar-refractivity contribution is 7.92. The Bertz CT molecular complexity index is 625. The molecule has 22 heavy (non-hydrogen) atoms. The van der Waals surface area contributed by atoms with Crippen molar-refractivity contribution in [2.75, 3.05) is 19.6 Å². The number of carbonyl (C=O) groups is 1. The number of β-amino-alcohol motifs (C(OH)–C–C–N with tert-alkyl or cyclic N) is 1. The molecule has 1 saturated heterocycles. The molecule has 7 heteroatoms. The van der Waals surface area contributed by atoms with Crippen molar-refractivity contribution < 1.29 is 18.3 Å². The van der Waals surface area contributed by atoms with Crippen LogP contribution >= 0.6 is 0 Å². The molecule has 1 heterocycles. The van der Waals surface area contributed by atoms with Gasteiger partial charge in [-0.15, -0.1) is 0 Å². The Labute approximate surface area is 130 Å². The maximum Gasteiger partial charge on any atom is 0.251 e. The molecule has 0 radical (unpaired) electrons. The highest BCUT2D eigenvalue weighted by Gasteiger charge is 2.25. The second kappa shape index (κ2) is 6.76. The van der Waals surface area contributed by atoms with E-state index < -0.39 is 21.2 Å². The maximum absolute atomic E-state index is 12.0. The molecule has 1 aromatic rings. The number of amides is 1. The lowest BCUT2D eigenvalue weighted by molar-refractivity contribution is 0.0927. The number of aliphatic hydroxyl groups excluding tert-OH is 1. The third-order valence-corrected chi connectivity index (χ3v) is 6.07. The first-order chi connectivity index (χ1) is 10.3. The maximum atomic E-state index is 12.0. The van der Waals surface area contributed by atoms with Crippen molar-refractivity contribution in [2.24, 2.45) is 5.92 Å². The van der Waals surface area contributed by atoms with Gasteiger partial charge < -0.3 is 15.7 Å². The van der Waals surface area contributed by atoms with Gasteiger partial charge in [-0.25, -0.2) is 8.42 Å². The van der Waals surface area contributed by atoms with Crippen LogP contribution in [-0.2, 0) is 9.84 Å². The monoisotopic (exact) mass is 326 g/mol. The molecule has 1 aliphatic rings. The molecule has 1 amide bonds. The van der Waals surface area contributed by atoms with Gasteiger partial charge in [-0.05, 0) is 38.1 Å². The summed E-state index contributed by atoms with van der Waals surface area (Å²) in [5, 5.41) is 15.0. The van der Waals surface area contributed by atoms with Gasteiger partial charge in [0.2, 0.25) is 0 Å². The van der Waals surface area contributed by atoms with E-state index in [2.05, 4.69) is 10.6 Å². The lowest BCUT2D eigenvalue weighted by Gasteiger charge is -2.14. The van der Waals surface area contributed by atoms with Gasteiger partial charge in [0.25, 0.3) is 5.91 Å². The largest absolute Gasteiger partial charge is 0.391 e. The fourth-order valence-corrected chi connectivity index (χ4v) is 3.38. The number of hydrogen-bond donors (Lipinski definition) is 3. The summed E-state index contributed by atoms with van der Waals surface area (Å²) in [5.41, 5.74) is 0.406. The number of nitrogens with one attached hydrogen (secondary N) is 2. The van der Waals surface area contributed by atoms with E-state index in [-0.39, 0.29) is 16.7 Å². The minimum absolute atomic E-state index is 0.00421. The van der Waals surface area contributed by atoms with Crippen molar-refractivity contribution in [3.8, 4) is 0 Å². The third kappa shape index (κ3) is 3.66. The van der Waals surface area contributed by atoms with Crippen LogP contribution in [0.2, 0.25) is 0 Å². The Hall–Kier alpha value is -1.44. The predicted molar refractivity (Wildman–Crippen MR) is 83.5 cm³/mol. The Morgan fingerprint density at radius 2 is 1.95 bits per heavy atom. The van der Waals surface area contributed by atoms with E-state index in [1.54, 1.807) is 13.8 Å². The second-order valence-electron chi connectivity index (χ2n) is 5.81. The molecular weight excluding hydrogens is 304 g/mol. The van der Waals surface area contributed by atoms with Crippen LogP contribution in [0.15, 0.2) is 29.2 Å². The molecule has 1 fully saturated rings. The fraction of sp³-hybridized carbons (Fsp3) is 0.533. The van der Waals surface area contributed by atoms with Gasteiger partial charge >= 0.3 is 0 Å². The first kappa shape index (κ1) is 16.9.